The summed E-state index contributed by atoms with van der Waals surface area (Å²) in [5.74, 6) is 0. The SMILES string of the molecule is CC(C)(C)OC(=O)N1CCC2(CO2)C2(CC2)C1. The molecular formula is C13H21NO3. The Morgan fingerprint density at radius 3 is 2.41 bits per heavy atom. The second-order valence-corrected chi connectivity index (χ2v) is 6.72. The number of nitrogens with zero attached hydrogens (tertiary/aromatic N) is 1. The van der Waals surface area contributed by atoms with Crippen LogP contribution in [0.4, 0.5) is 4.79 Å². The Kier molecular flexibility index (Phi) is 2.11. The maximum Gasteiger partial charge on any atom is 0.410 e. The Morgan fingerprint density at radius 1 is 1.29 bits per heavy atom. The number of ether oxygens (including phenoxy) is 2. The molecule has 4 nitrogen and oxygen atoms in total. The van der Waals surface area contributed by atoms with E-state index in [2.05, 4.69) is 0 Å². The zero-order valence-corrected chi connectivity index (χ0v) is 10.9. The van der Waals surface area contributed by atoms with Crippen molar-refractivity contribution in [3.63, 3.8) is 0 Å². The van der Waals surface area contributed by atoms with E-state index in [1.807, 2.05) is 25.7 Å². The van der Waals surface area contributed by atoms with Gasteiger partial charge in [0.1, 0.15) is 11.2 Å². The minimum absolute atomic E-state index is 0.130. The molecule has 0 bridgehead atoms. The molecule has 0 N–H and O–H groups in total. The molecule has 0 aromatic carbocycles. The van der Waals surface area contributed by atoms with Gasteiger partial charge in [0.15, 0.2) is 0 Å². The van der Waals surface area contributed by atoms with Gasteiger partial charge in [-0.05, 0) is 40.0 Å². The average Bonchev–Trinajstić information content (AvgIpc) is 3.02. The molecule has 3 fully saturated rings. The second kappa shape index (κ2) is 3.16. The van der Waals surface area contributed by atoms with E-state index in [9.17, 15) is 4.79 Å². The van der Waals surface area contributed by atoms with Crippen molar-refractivity contribution in [2.45, 2.75) is 51.2 Å². The van der Waals surface area contributed by atoms with Crippen LogP contribution in [0.3, 0.4) is 0 Å². The topological polar surface area (TPSA) is 42.1 Å². The Hall–Kier alpha value is -0.770. The first kappa shape index (κ1) is 11.3. The highest BCUT2D eigenvalue weighted by Gasteiger charge is 2.69. The average molecular weight is 239 g/mol. The van der Waals surface area contributed by atoms with Gasteiger partial charge in [0, 0.05) is 18.5 Å². The van der Waals surface area contributed by atoms with Gasteiger partial charge in [-0.2, -0.15) is 0 Å². The molecule has 2 heterocycles. The zero-order valence-electron chi connectivity index (χ0n) is 10.9. The van der Waals surface area contributed by atoms with Crippen LogP contribution in [-0.4, -0.2) is 41.9 Å². The molecule has 17 heavy (non-hydrogen) atoms. The smallest absolute Gasteiger partial charge is 0.410 e. The van der Waals surface area contributed by atoms with Gasteiger partial charge in [-0.25, -0.2) is 4.79 Å². The molecule has 2 spiro atoms. The van der Waals surface area contributed by atoms with E-state index in [1.165, 1.54) is 12.8 Å². The molecule has 0 aromatic rings. The van der Waals surface area contributed by atoms with Crippen molar-refractivity contribution in [1.29, 1.82) is 0 Å². The van der Waals surface area contributed by atoms with Crippen LogP contribution in [0.5, 0.6) is 0 Å². The fourth-order valence-electron chi connectivity index (χ4n) is 2.95. The van der Waals surface area contributed by atoms with Crippen LogP contribution in [0.2, 0.25) is 0 Å². The third-order valence-electron chi connectivity index (χ3n) is 4.24. The molecule has 1 amide bonds. The number of carbonyl (C=O) groups is 1. The largest absolute Gasteiger partial charge is 0.444 e. The van der Waals surface area contributed by atoms with Crippen molar-refractivity contribution in [3.8, 4) is 0 Å². The summed E-state index contributed by atoms with van der Waals surface area (Å²) in [5.41, 5.74) is -0.00726. The van der Waals surface area contributed by atoms with Crippen LogP contribution >= 0.6 is 0 Å². The molecule has 3 rings (SSSR count). The monoisotopic (exact) mass is 239 g/mol. The number of epoxide rings is 1. The maximum atomic E-state index is 12.0. The summed E-state index contributed by atoms with van der Waals surface area (Å²) < 4.78 is 11.1. The minimum Gasteiger partial charge on any atom is -0.444 e. The molecule has 0 radical (unpaired) electrons. The molecule has 3 aliphatic rings. The zero-order chi connectivity index (χ0) is 12.3. The molecular weight excluding hydrogens is 218 g/mol. The molecule has 1 atom stereocenters. The summed E-state index contributed by atoms with van der Waals surface area (Å²) >= 11 is 0. The van der Waals surface area contributed by atoms with E-state index in [0.717, 1.165) is 26.1 Å². The van der Waals surface area contributed by atoms with Crippen LogP contribution in [0, 0.1) is 5.41 Å². The van der Waals surface area contributed by atoms with E-state index in [0.29, 0.717) is 0 Å². The highest BCUT2D eigenvalue weighted by Crippen LogP contribution is 2.64. The summed E-state index contributed by atoms with van der Waals surface area (Å²) in [6.45, 7) is 8.22. The van der Waals surface area contributed by atoms with Gasteiger partial charge in [-0.15, -0.1) is 0 Å². The number of fused-ring (bicyclic) bond motifs is 1. The third kappa shape index (κ3) is 1.82. The Labute approximate surface area is 102 Å². The lowest BCUT2D eigenvalue weighted by Gasteiger charge is -2.38. The lowest BCUT2D eigenvalue weighted by Crippen LogP contribution is -2.50. The quantitative estimate of drug-likeness (QED) is 0.608. The molecule has 2 saturated heterocycles. The fourth-order valence-corrected chi connectivity index (χ4v) is 2.95. The van der Waals surface area contributed by atoms with Crippen LogP contribution in [0.15, 0.2) is 0 Å². The van der Waals surface area contributed by atoms with Crippen LogP contribution < -0.4 is 0 Å². The predicted octanol–water partition coefficient (Wildman–Crippen LogP) is 2.18. The number of likely N-dealkylation sites (tertiary alicyclic amines) is 1. The summed E-state index contributed by atoms with van der Waals surface area (Å²) in [7, 11) is 0. The van der Waals surface area contributed by atoms with Crippen molar-refractivity contribution in [2.75, 3.05) is 19.7 Å². The molecule has 0 aromatic heterocycles. The number of hydrogen-bond acceptors (Lipinski definition) is 3. The van der Waals surface area contributed by atoms with Crippen molar-refractivity contribution in [3.05, 3.63) is 0 Å². The standard InChI is InChI=1S/C13H21NO3/c1-11(2,3)17-10(15)14-7-6-13(9-16-13)12(8-14)4-5-12/h4-9H2,1-3H3. The molecule has 1 saturated carbocycles. The number of piperidine rings is 1. The second-order valence-electron chi connectivity index (χ2n) is 6.72. The number of rotatable bonds is 0. The van der Waals surface area contributed by atoms with E-state index in [1.54, 1.807) is 0 Å². The first-order valence-corrected chi connectivity index (χ1v) is 6.48. The van der Waals surface area contributed by atoms with Gasteiger partial charge in [-0.1, -0.05) is 0 Å². The third-order valence-corrected chi connectivity index (χ3v) is 4.24. The van der Waals surface area contributed by atoms with Gasteiger partial charge in [0.25, 0.3) is 0 Å². The number of hydrogen-bond donors (Lipinski definition) is 0. The number of amides is 1. The molecule has 4 heteroatoms. The van der Waals surface area contributed by atoms with E-state index < -0.39 is 5.60 Å². The lowest BCUT2D eigenvalue weighted by molar-refractivity contribution is 0.00183. The summed E-state index contributed by atoms with van der Waals surface area (Å²) in [6.07, 6.45) is 3.21. The lowest BCUT2D eigenvalue weighted by atomic mass is 9.83. The Bertz CT molecular complexity index is 350. The van der Waals surface area contributed by atoms with Gasteiger partial charge >= 0.3 is 6.09 Å². The Balaban J connectivity index is 1.65. The Morgan fingerprint density at radius 2 is 1.94 bits per heavy atom. The molecule has 1 unspecified atom stereocenters. The minimum atomic E-state index is -0.404. The first-order valence-electron chi connectivity index (χ1n) is 6.48. The first-order chi connectivity index (χ1) is 7.86. The van der Waals surface area contributed by atoms with Crippen LogP contribution in [0.25, 0.3) is 0 Å². The van der Waals surface area contributed by atoms with E-state index in [4.69, 9.17) is 9.47 Å². The fraction of sp³-hybridized carbons (Fsp3) is 0.923. The van der Waals surface area contributed by atoms with Gasteiger partial charge in [0.05, 0.1) is 6.61 Å². The van der Waals surface area contributed by atoms with Crippen LogP contribution in [0.1, 0.15) is 40.0 Å². The predicted molar refractivity (Wildman–Crippen MR) is 62.8 cm³/mol. The highest BCUT2D eigenvalue weighted by atomic mass is 16.6. The maximum absolute atomic E-state index is 12.0. The van der Waals surface area contributed by atoms with E-state index in [-0.39, 0.29) is 17.1 Å². The normalized spacial score (nSPS) is 33.9. The molecule has 96 valence electrons. The highest BCUT2D eigenvalue weighted by molar-refractivity contribution is 5.68. The van der Waals surface area contributed by atoms with Gasteiger partial charge < -0.3 is 14.4 Å². The van der Waals surface area contributed by atoms with Crippen LogP contribution in [-0.2, 0) is 9.47 Å². The van der Waals surface area contributed by atoms with Crippen molar-refractivity contribution >= 4 is 6.09 Å². The summed E-state index contributed by atoms with van der Waals surface area (Å²) in [5, 5.41) is 0. The summed E-state index contributed by atoms with van der Waals surface area (Å²) in [4.78, 5) is 13.9. The van der Waals surface area contributed by atoms with Gasteiger partial charge in [-0.3, -0.25) is 0 Å². The van der Waals surface area contributed by atoms with E-state index >= 15 is 0 Å². The molecule has 2 aliphatic heterocycles. The number of carbonyl (C=O) groups excluding carboxylic acids is 1. The summed E-state index contributed by atoms with van der Waals surface area (Å²) in [6, 6.07) is 0. The van der Waals surface area contributed by atoms with Gasteiger partial charge in [0.2, 0.25) is 0 Å². The van der Waals surface area contributed by atoms with Crippen molar-refractivity contribution in [1.82, 2.24) is 4.90 Å². The van der Waals surface area contributed by atoms with Crippen molar-refractivity contribution in [2.24, 2.45) is 5.41 Å². The van der Waals surface area contributed by atoms with Crippen molar-refractivity contribution < 1.29 is 14.3 Å². The molecule has 1 aliphatic carbocycles.